The molecule has 0 spiro atoms. The predicted octanol–water partition coefficient (Wildman–Crippen LogP) is 4.59. The number of halogens is 1. The highest BCUT2D eigenvalue weighted by molar-refractivity contribution is 6.32. The van der Waals surface area contributed by atoms with Gasteiger partial charge in [-0.3, -0.25) is 4.79 Å². The van der Waals surface area contributed by atoms with Crippen LogP contribution in [0.25, 0.3) is 6.08 Å². The van der Waals surface area contributed by atoms with Crippen molar-refractivity contribution in [1.29, 1.82) is 5.26 Å². The molecule has 24 heavy (non-hydrogen) atoms. The van der Waals surface area contributed by atoms with Gasteiger partial charge in [-0.25, -0.2) is 0 Å². The fourth-order valence-corrected chi connectivity index (χ4v) is 2.27. The van der Waals surface area contributed by atoms with E-state index in [-0.39, 0.29) is 5.57 Å². The summed E-state index contributed by atoms with van der Waals surface area (Å²) in [5.41, 5.74) is 2.37. The average Bonchev–Trinajstić information content (AvgIpc) is 2.57. The summed E-state index contributed by atoms with van der Waals surface area (Å²) in [4.78, 5) is 12.2. The lowest BCUT2D eigenvalue weighted by Crippen LogP contribution is -2.13. The fourth-order valence-electron chi connectivity index (χ4n) is 2.03. The quantitative estimate of drug-likeness (QED) is 0.639. The highest BCUT2D eigenvalue weighted by Crippen LogP contribution is 2.26. The topological polar surface area (TPSA) is 62.1 Å². The monoisotopic (exact) mass is 340 g/mol. The Balaban J connectivity index is 2.19. The summed E-state index contributed by atoms with van der Waals surface area (Å²) >= 11 is 6.12. The van der Waals surface area contributed by atoms with Crippen LogP contribution in [0.2, 0.25) is 5.02 Å². The maximum absolute atomic E-state index is 12.2. The number of ether oxygens (including phenoxy) is 1. The first-order valence-electron chi connectivity index (χ1n) is 7.45. The van der Waals surface area contributed by atoms with Crippen molar-refractivity contribution in [2.45, 2.75) is 13.8 Å². The molecule has 0 aromatic heterocycles. The third-order valence-corrected chi connectivity index (χ3v) is 3.54. The summed E-state index contributed by atoms with van der Waals surface area (Å²) < 4.78 is 5.36. The molecule has 0 fully saturated rings. The Kier molecular flexibility index (Phi) is 6.00. The molecule has 0 saturated carbocycles. The number of benzene rings is 2. The van der Waals surface area contributed by atoms with Crippen LogP contribution in [0.4, 0.5) is 5.69 Å². The van der Waals surface area contributed by atoms with Gasteiger partial charge in [-0.1, -0.05) is 35.4 Å². The van der Waals surface area contributed by atoms with E-state index in [0.29, 0.717) is 28.6 Å². The lowest BCUT2D eigenvalue weighted by molar-refractivity contribution is -0.112. The molecule has 2 rings (SSSR count). The van der Waals surface area contributed by atoms with E-state index in [2.05, 4.69) is 5.32 Å². The molecule has 2 aromatic carbocycles. The number of nitrogens with one attached hydrogen (secondary N) is 1. The van der Waals surface area contributed by atoms with Gasteiger partial charge in [-0.05, 0) is 49.8 Å². The van der Waals surface area contributed by atoms with E-state index in [1.165, 1.54) is 6.08 Å². The van der Waals surface area contributed by atoms with Crippen LogP contribution in [0.5, 0.6) is 5.75 Å². The van der Waals surface area contributed by atoms with Crippen molar-refractivity contribution in [1.82, 2.24) is 0 Å². The molecule has 5 heteroatoms. The van der Waals surface area contributed by atoms with Gasteiger partial charge in [0.05, 0.1) is 11.6 Å². The van der Waals surface area contributed by atoms with Crippen molar-refractivity contribution >= 4 is 29.3 Å². The highest BCUT2D eigenvalue weighted by Gasteiger charge is 2.10. The largest absolute Gasteiger partial charge is 0.492 e. The molecule has 0 heterocycles. The Morgan fingerprint density at radius 1 is 1.29 bits per heavy atom. The Morgan fingerprint density at radius 3 is 2.58 bits per heavy atom. The van der Waals surface area contributed by atoms with E-state index in [0.717, 1.165) is 5.56 Å². The highest BCUT2D eigenvalue weighted by atomic mass is 35.5. The summed E-state index contributed by atoms with van der Waals surface area (Å²) in [6, 6.07) is 14.4. The second kappa shape index (κ2) is 8.19. The zero-order chi connectivity index (χ0) is 17.5. The van der Waals surface area contributed by atoms with E-state index < -0.39 is 5.91 Å². The summed E-state index contributed by atoms with van der Waals surface area (Å²) in [6.07, 6.45) is 1.49. The number of nitriles is 1. The van der Waals surface area contributed by atoms with Gasteiger partial charge >= 0.3 is 0 Å². The molecular weight excluding hydrogens is 324 g/mol. The van der Waals surface area contributed by atoms with Crippen LogP contribution in [0, 0.1) is 18.3 Å². The SMILES string of the molecule is CCOc1ccc(/C=C(/C#N)C(=O)Nc2ccc(C)cc2)cc1Cl. The van der Waals surface area contributed by atoms with Gasteiger partial charge in [0.15, 0.2) is 0 Å². The van der Waals surface area contributed by atoms with E-state index in [1.807, 2.05) is 32.0 Å². The van der Waals surface area contributed by atoms with Crippen molar-refractivity contribution in [3.8, 4) is 11.8 Å². The molecular formula is C19H17ClN2O2. The van der Waals surface area contributed by atoms with Gasteiger partial charge in [0.1, 0.15) is 17.4 Å². The number of anilines is 1. The van der Waals surface area contributed by atoms with Crippen molar-refractivity contribution in [2.24, 2.45) is 0 Å². The predicted molar refractivity (Wildman–Crippen MR) is 96.0 cm³/mol. The zero-order valence-electron chi connectivity index (χ0n) is 13.5. The number of amides is 1. The molecule has 122 valence electrons. The second-order valence-electron chi connectivity index (χ2n) is 5.11. The zero-order valence-corrected chi connectivity index (χ0v) is 14.2. The molecule has 0 aliphatic carbocycles. The number of hydrogen-bond acceptors (Lipinski definition) is 3. The third kappa shape index (κ3) is 4.61. The summed E-state index contributed by atoms with van der Waals surface area (Å²) in [7, 11) is 0. The minimum absolute atomic E-state index is 0.00389. The molecule has 0 saturated heterocycles. The molecule has 1 N–H and O–H groups in total. The lowest BCUT2D eigenvalue weighted by atomic mass is 10.1. The number of carbonyl (C=O) groups is 1. The standard InChI is InChI=1S/C19H17ClN2O2/c1-3-24-18-9-6-14(11-17(18)20)10-15(12-21)19(23)22-16-7-4-13(2)5-8-16/h4-11H,3H2,1-2H3,(H,22,23)/b15-10-. The second-order valence-corrected chi connectivity index (χ2v) is 5.52. The number of carbonyl (C=O) groups excluding carboxylic acids is 1. The molecule has 0 radical (unpaired) electrons. The van der Waals surface area contributed by atoms with Crippen LogP contribution in [-0.4, -0.2) is 12.5 Å². The summed E-state index contributed by atoms with van der Waals surface area (Å²) in [6.45, 7) is 4.34. The number of aryl methyl sites for hydroxylation is 1. The molecule has 0 aliphatic rings. The first kappa shape index (κ1) is 17.6. The number of rotatable bonds is 5. The first-order valence-corrected chi connectivity index (χ1v) is 7.83. The molecule has 0 aliphatic heterocycles. The van der Waals surface area contributed by atoms with Crippen molar-refractivity contribution in [3.05, 3.63) is 64.2 Å². The normalized spacial score (nSPS) is 10.8. The van der Waals surface area contributed by atoms with Crippen LogP contribution < -0.4 is 10.1 Å². The smallest absolute Gasteiger partial charge is 0.266 e. The molecule has 2 aromatic rings. The third-order valence-electron chi connectivity index (χ3n) is 3.24. The Morgan fingerprint density at radius 2 is 2.00 bits per heavy atom. The van der Waals surface area contributed by atoms with Gasteiger partial charge in [0.25, 0.3) is 5.91 Å². The van der Waals surface area contributed by atoms with Gasteiger partial charge in [0.2, 0.25) is 0 Å². The van der Waals surface area contributed by atoms with Crippen LogP contribution in [0.3, 0.4) is 0 Å². The van der Waals surface area contributed by atoms with E-state index >= 15 is 0 Å². The molecule has 0 atom stereocenters. The van der Waals surface area contributed by atoms with E-state index in [9.17, 15) is 10.1 Å². The fraction of sp³-hybridized carbons (Fsp3) is 0.158. The average molecular weight is 341 g/mol. The maximum atomic E-state index is 12.2. The minimum atomic E-state index is -0.466. The molecule has 4 nitrogen and oxygen atoms in total. The molecule has 0 bridgehead atoms. The van der Waals surface area contributed by atoms with Gasteiger partial charge in [-0.2, -0.15) is 5.26 Å². The minimum Gasteiger partial charge on any atom is -0.492 e. The van der Waals surface area contributed by atoms with Gasteiger partial charge in [-0.15, -0.1) is 0 Å². The summed E-state index contributed by atoms with van der Waals surface area (Å²) in [5, 5.41) is 12.4. The summed E-state index contributed by atoms with van der Waals surface area (Å²) in [5.74, 6) is 0.102. The van der Waals surface area contributed by atoms with E-state index in [1.54, 1.807) is 30.3 Å². The van der Waals surface area contributed by atoms with E-state index in [4.69, 9.17) is 16.3 Å². The van der Waals surface area contributed by atoms with Crippen LogP contribution in [0.1, 0.15) is 18.1 Å². The first-order chi connectivity index (χ1) is 11.5. The van der Waals surface area contributed by atoms with Crippen molar-refractivity contribution in [2.75, 3.05) is 11.9 Å². The van der Waals surface area contributed by atoms with Crippen LogP contribution >= 0.6 is 11.6 Å². The Bertz CT molecular complexity index is 805. The lowest BCUT2D eigenvalue weighted by Gasteiger charge is -2.07. The number of hydrogen-bond donors (Lipinski definition) is 1. The Labute approximate surface area is 146 Å². The van der Waals surface area contributed by atoms with Crippen molar-refractivity contribution in [3.63, 3.8) is 0 Å². The van der Waals surface area contributed by atoms with Crippen molar-refractivity contribution < 1.29 is 9.53 Å². The molecule has 1 amide bonds. The molecule has 0 unspecified atom stereocenters. The van der Waals surface area contributed by atoms with Crippen LogP contribution in [0.15, 0.2) is 48.0 Å². The van der Waals surface area contributed by atoms with Crippen LogP contribution in [-0.2, 0) is 4.79 Å². The Hall–Kier alpha value is -2.77. The maximum Gasteiger partial charge on any atom is 0.266 e. The van der Waals surface area contributed by atoms with Gasteiger partial charge in [0, 0.05) is 5.69 Å². The van der Waals surface area contributed by atoms with Gasteiger partial charge < -0.3 is 10.1 Å². The number of nitrogens with zero attached hydrogens (tertiary/aromatic N) is 1.